The van der Waals surface area contributed by atoms with Crippen LogP contribution in [0.1, 0.15) is 24.6 Å². The Morgan fingerprint density at radius 1 is 1.53 bits per heavy atom. The van der Waals surface area contributed by atoms with Gasteiger partial charge in [0.15, 0.2) is 5.82 Å². The van der Waals surface area contributed by atoms with Crippen molar-refractivity contribution in [3.63, 3.8) is 0 Å². The molecule has 0 aliphatic carbocycles. The Labute approximate surface area is 112 Å². The molecule has 1 aliphatic heterocycles. The molecule has 1 unspecified atom stereocenters. The molecule has 0 amide bonds. The Bertz CT molecular complexity index is 504. The van der Waals surface area contributed by atoms with Gasteiger partial charge < -0.3 is 9.84 Å². The smallest absolute Gasteiger partial charge is 0.269 e. The quantitative estimate of drug-likeness (QED) is 0.926. The Balaban J connectivity index is 1.85. The topological polar surface area (TPSA) is 51.0 Å². The van der Waals surface area contributed by atoms with Crippen LogP contribution >= 0.6 is 27.3 Å². The van der Waals surface area contributed by atoms with Gasteiger partial charge in [-0.25, -0.2) is 0 Å². The Hall–Kier alpha value is -0.720. The van der Waals surface area contributed by atoms with Gasteiger partial charge >= 0.3 is 0 Å². The van der Waals surface area contributed by atoms with Crippen LogP contribution < -0.4 is 5.32 Å². The predicted molar refractivity (Wildman–Crippen MR) is 70.2 cm³/mol. The van der Waals surface area contributed by atoms with Crippen LogP contribution in [0.2, 0.25) is 0 Å². The van der Waals surface area contributed by atoms with Gasteiger partial charge in [-0.3, -0.25) is 0 Å². The van der Waals surface area contributed by atoms with Gasteiger partial charge in [-0.15, -0.1) is 11.3 Å². The molecule has 3 heterocycles. The van der Waals surface area contributed by atoms with E-state index in [0.29, 0.717) is 11.8 Å². The zero-order valence-electron chi connectivity index (χ0n) is 9.15. The first-order valence-electron chi connectivity index (χ1n) is 5.62. The second kappa shape index (κ2) is 4.88. The molecule has 0 radical (unpaired) electrons. The molecule has 0 spiro atoms. The van der Waals surface area contributed by atoms with Gasteiger partial charge in [0.2, 0.25) is 0 Å². The molecule has 0 saturated carbocycles. The second-order valence-electron chi connectivity index (χ2n) is 4.10. The van der Waals surface area contributed by atoms with Crippen molar-refractivity contribution >= 4 is 27.3 Å². The number of aromatic nitrogens is 2. The highest BCUT2D eigenvalue weighted by Crippen LogP contribution is 2.33. The molecular weight excluding hydrogens is 302 g/mol. The zero-order chi connectivity index (χ0) is 11.7. The van der Waals surface area contributed by atoms with E-state index in [-0.39, 0.29) is 0 Å². The maximum Gasteiger partial charge on any atom is 0.269 e. The average molecular weight is 314 g/mol. The third-order valence-electron chi connectivity index (χ3n) is 2.92. The summed E-state index contributed by atoms with van der Waals surface area (Å²) in [6.07, 6.45) is 2.31. The number of hydrogen-bond acceptors (Lipinski definition) is 5. The summed E-state index contributed by atoms with van der Waals surface area (Å²) >= 11 is 5.08. The number of nitrogens with one attached hydrogen (secondary N) is 1. The molecule has 0 aromatic carbocycles. The van der Waals surface area contributed by atoms with Gasteiger partial charge in [-0.05, 0) is 46.8 Å². The fraction of sp³-hybridized carbons (Fsp3) is 0.455. The first-order chi connectivity index (χ1) is 8.34. The highest BCUT2D eigenvalue weighted by Gasteiger charge is 2.22. The third kappa shape index (κ3) is 2.29. The van der Waals surface area contributed by atoms with Crippen molar-refractivity contribution in [2.45, 2.75) is 18.8 Å². The number of thiophene rings is 1. The van der Waals surface area contributed by atoms with Crippen LogP contribution in [0, 0.1) is 0 Å². The molecule has 1 N–H and O–H groups in total. The molecule has 1 saturated heterocycles. The number of nitrogens with zero attached hydrogens (tertiary/aromatic N) is 2. The van der Waals surface area contributed by atoms with E-state index in [1.165, 1.54) is 6.42 Å². The summed E-state index contributed by atoms with van der Waals surface area (Å²) in [5, 5.41) is 9.46. The van der Waals surface area contributed by atoms with Crippen LogP contribution in [0.4, 0.5) is 0 Å². The van der Waals surface area contributed by atoms with Crippen LogP contribution in [0.25, 0.3) is 10.8 Å². The lowest BCUT2D eigenvalue weighted by molar-refractivity contribution is 0.393. The lowest BCUT2D eigenvalue weighted by atomic mass is 9.99. The Morgan fingerprint density at radius 2 is 2.47 bits per heavy atom. The van der Waals surface area contributed by atoms with Crippen LogP contribution in [-0.2, 0) is 0 Å². The molecule has 90 valence electrons. The number of rotatable bonds is 2. The monoisotopic (exact) mass is 313 g/mol. The van der Waals surface area contributed by atoms with Crippen LogP contribution in [0.5, 0.6) is 0 Å². The summed E-state index contributed by atoms with van der Waals surface area (Å²) in [5.41, 5.74) is 0. The highest BCUT2D eigenvalue weighted by molar-refractivity contribution is 9.10. The summed E-state index contributed by atoms with van der Waals surface area (Å²) in [4.78, 5) is 5.51. The summed E-state index contributed by atoms with van der Waals surface area (Å²) in [6, 6.07) is 1.99. The van der Waals surface area contributed by atoms with E-state index in [1.54, 1.807) is 11.3 Å². The molecule has 2 aromatic heterocycles. The molecule has 4 nitrogen and oxygen atoms in total. The van der Waals surface area contributed by atoms with Gasteiger partial charge in [-0.1, -0.05) is 5.16 Å². The standard InChI is InChI=1S/C11H12BrN3OS/c12-8-3-5-17-9(8)11-14-10(15-16-11)7-2-1-4-13-6-7/h3,5,7,13H,1-2,4,6H2. The van der Waals surface area contributed by atoms with Gasteiger partial charge in [-0.2, -0.15) is 4.98 Å². The number of halogens is 1. The van der Waals surface area contributed by atoms with Crippen molar-refractivity contribution in [2.24, 2.45) is 0 Å². The molecule has 1 fully saturated rings. The van der Waals surface area contributed by atoms with E-state index >= 15 is 0 Å². The largest absolute Gasteiger partial charge is 0.333 e. The average Bonchev–Trinajstić information content (AvgIpc) is 2.98. The van der Waals surface area contributed by atoms with Crippen molar-refractivity contribution < 1.29 is 4.52 Å². The lowest BCUT2D eigenvalue weighted by Crippen LogP contribution is -2.28. The Kier molecular flexibility index (Phi) is 3.26. The minimum absolute atomic E-state index is 0.389. The van der Waals surface area contributed by atoms with E-state index in [0.717, 1.165) is 34.7 Å². The number of piperidine rings is 1. The van der Waals surface area contributed by atoms with Crippen LogP contribution in [0.3, 0.4) is 0 Å². The van der Waals surface area contributed by atoms with Gasteiger partial charge in [0.1, 0.15) is 4.88 Å². The first-order valence-corrected chi connectivity index (χ1v) is 7.29. The molecule has 17 heavy (non-hydrogen) atoms. The van der Waals surface area contributed by atoms with Crippen molar-refractivity contribution in [3.8, 4) is 10.8 Å². The van der Waals surface area contributed by atoms with Crippen molar-refractivity contribution in [1.82, 2.24) is 15.5 Å². The molecule has 1 atom stereocenters. The van der Waals surface area contributed by atoms with E-state index < -0.39 is 0 Å². The molecular formula is C11H12BrN3OS. The summed E-state index contributed by atoms with van der Waals surface area (Å²) in [6.45, 7) is 2.04. The summed E-state index contributed by atoms with van der Waals surface area (Å²) in [7, 11) is 0. The molecule has 0 bridgehead atoms. The van der Waals surface area contributed by atoms with Crippen molar-refractivity contribution in [2.75, 3.05) is 13.1 Å². The molecule has 3 rings (SSSR count). The van der Waals surface area contributed by atoms with E-state index in [4.69, 9.17) is 4.52 Å². The van der Waals surface area contributed by atoms with Gasteiger partial charge in [0.05, 0.1) is 0 Å². The number of hydrogen-bond donors (Lipinski definition) is 1. The van der Waals surface area contributed by atoms with Crippen LogP contribution in [0.15, 0.2) is 20.4 Å². The summed E-state index contributed by atoms with van der Waals surface area (Å²) in [5.74, 6) is 1.83. The van der Waals surface area contributed by atoms with E-state index in [2.05, 4.69) is 31.4 Å². The Morgan fingerprint density at radius 3 is 3.18 bits per heavy atom. The van der Waals surface area contributed by atoms with E-state index in [1.807, 2.05) is 11.4 Å². The zero-order valence-corrected chi connectivity index (χ0v) is 11.6. The highest BCUT2D eigenvalue weighted by atomic mass is 79.9. The van der Waals surface area contributed by atoms with Gasteiger partial charge in [0, 0.05) is 16.9 Å². The minimum atomic E-state index is 0.389. The maximum absolute atomic E-state index is 5.33. The molecule has 1 aliphatic rings. The van der Waals surface area contributed by atoms with Crippen molar-refractivity contribution in [3.05, 3.63) is 21.7 Å². The van der Waals surface area contributed by atoms with Gasteiger partial charge in [0.25, 0.3) is 5.89 Å². The van der Waals surface area contributed by atoms with Crippen molar-refractivity contribution in [1.29, 1.82) is 0 Å². The second-order valence-corrected chi connectivity index (χ2v) is 5.87. The lowest BCUT2D eigenvalue weighted by Gasteiger charge is -2.19. The third-order valence-corrected chi connectivity index (χ3v) is 4.74. The fourth-order valence-electron chi connectivity index (χ4n) is 2.01. The normalized spacial score (nSPS) is 20.6. The van der Waals surface area contributed by atoms with E-state index in [9.17, 15) is 0 Å². The fourth-order valence-corrected chi connectivity index (χ4v) is 3.47. The molecule has 6 heteroatoms. The maximum atomic E-state index is 5.33. The predicted octanol–water partition coefficient (Wildman–Crippen LogP) is 3.03. The summed E-state index contributed by atoms with van der Waals surface area (Å²) < 4.78 is 6.35. The van der Waals surface area contributed by atoms with Crippen LogP contribution in [-0.4, -0.2) is 23.2 Å². The molecule has 2 aromatic rings. The SMILES string of the molecule is Brc1ccsc1-c1nc(C2CCCNC2)no1. The minimum Gasteiger partial charge on any atom is -0.333 e. The first kappa shape index (κ1) is 11.4.